The smallest absolute Gasteiger partial charge is 0.0314 e. The lowest BCUT2D eigenvalue weighted by Gasteiger charge is -2.16. The van der Waals surface area contributed by atoms with Crippen LogP contribution in [0.25, 0.3) is 0 Å². The Balaban J connectivity index is 1.81. The van der Waals surface area contributed by atoms with Crippen LogP contribution < -0.4 is 5.73 Å². The molecule has 2 aromatic rings. The lowest BCUT2D eigenvalue weighted by atomic mass is 10.1. The molecular formula is C15H19N3. The molecule has 0 radical (unpaired) electrons. The number of pyridine rings is 1. The molecule has 0 atom stereocenters. The number of hydrogen-bond donors (Lipinski definition) is 1. The maximum atomic E-state index is 5.67. The molecule has 94 valence electrons. The van der Waals surface area contributed by atoms with E-state index in [1.807, 2.05) is 24.4 Å². The van der Waals surface area contributed by atoms with Crippen molar-refractivity contribution in [2.24, 2.45) is 0 Å². The molecule has 0 aliphatic rings. The molecule has 2 rings (SSSR count). The monoisotopic (exact) mass is 241 g/mol. The second-order valence-electron chi connectivity index (χ2n) is 4.59. The number of rotatable bonds is 5. The van der Waals surface area contributed by atoms with Gasteiger partial charge in [0.05, 0.1) is 0 Å². The number of anilines is 1. The summed E-state index contributed by atoms with van der Waals surface area (Å²) in [6, 6.07) is 12.2. The van der Waals surface area contributed by atoms with Crippen LogP contribution in [0.4, 0.5) is 5.69 Å². The Hall–Kier alpha value is -1.87. The predicted octanol–water partition coefficient (Wildman–Crippen LogP) is 2.34. The van der Waals surface area contributed by atoms with E-state index in [4.69, 9.17) is 5.73 Å². The van der Waals surface area contributed by atoms with Crippen molar-refractivity contribution >= 4 is 5.69 Å². The largest absolute Gasteiger partial charge is 0.399 e. The number of nitrogens with two attached hydrogens (primary N) is 1. The van der Waals surface area contributed by atoms with Crippen LogP contribution in [-0.4, -0.2) is 23.5 Å². The second kappa shape index (κ2) is 6.17. The third kappa shape index (κ3) is 3.86. The summed E-state index contributed by atoms with van der Waals surface area (Å²) in [6.07, 6.45) is 4.76. The predicted molar refractivity (Wildman–Crippen MR) is 75.1 cm³/mol. The molecule has 2 N–H and O–H groups in total. The highest BCUT2D eigenvalue weighted by Crippen LogP contribution is 2.07. The van der Waals surface area contributed by atoms with Gasteiger partial charge in [-0.25, -0.2) is 0 Å². The number of hydrogen-bond acceptors (Lipinski definition) is 3. The van der Waals surface area contributed by atoms with Crippen molar-refractivity contribution in [1.29, 1.82) is 0 Å². The average molecular weight is 241 g/mol. The number of benzene rings is 1. The first-order valence-electron chi connectivity index (χ1n) is 6.16. The summed E-state index contributed by atoms with van der Waals surface area (Å²) in [5, 5.41) is 0. The molecule has 0 spiro atoms. The van der Waals surface area contributed by atoms with E-state index < -0.39 is 0 Å². The molecule has 0 amide bonds. The fourth-order valence-corrected chi connectivity index (χ4v) is 1.89. The highest BCUT2D eigenvalue weighted by Gasteiger charge is 2.01. The van der Waals surface area contributed by atoms with Gasteiger partial charge in [0.15, 0.2) is 0 Å². The summed E-state index contributed by atoms with van der Waals surface area (Å²) < 4.78 is 0. The van der Waals surface area contributed by atoms with E-state index in [0.29, 0.717) is 0 Å². The van der Waals surface area contributed by atoms with Gasteiger partial charge in [-0.15, -0.1) is 0 Å². The molecule has 0 aliphatic carbocycles. The first kappa shape index (κ1) is 12.6. The van der Waals surface area contributed by atoms with E-state index in [-0.39, 0.29) is 0 Å². The third-order valence-electron chi connectivity index (χ3n) is 2.94. The van der Waals surface area contributed by atoms with Crippen molar-refractivity contribution in [3.8, 4) is 0 Å². The Morgan fingerprint density at radius 2 is 1.89 bits per heavy atom. The number of nitrogens with zero attached hydrogens (tertiary/aromatic N) is 2. The number of nitrogen functional groups attached to an aromatic ring is 1. The first-order chi connectivity index (χ1) is 8.74. The van der Waals surface area contributed by atoms with Gasteiger partial charge in [0.25, 0.3) is 0 Å². The number of aromatic nitrogens is 1. The zero-order valence-electron chi connectivity index (χ0n) is 10.7. The highest BCUT2D eigenvalue weighted by molar-refractivity contribution is 5.39. The number of likely N-dealkylation sites (N-methyl/N-ethyl adjacent to an activating group) is 1. The molecule has 0 unspecified atom stereocenters. The van der Waals surface area contributed by atoms with Crippen molar-refractivity contribution in [3.63, 3.8) is 0 Å². The topological polar surface area (TPSA) is 42.1 Å². The Morgan fingerprint density at radius 3 is 2.56 bits per heavy atom. The zero-order chi connectivity index (χ0) is 12.8. The lowest BCUT2D eigenvalue weighted by Crippen LogP contribution is -2.20. The van der Waals surface area contributed by atoms with Gasteiger partial charge in [-0.3, -0.25) is 4.98 Å². The van der Waals surface area contributed by atoms with Crippen LogP contribution in [0, 0.1) is 0 Å². The van der Waals surface area contributed by atoms with Crippen LogP contribution in [0.3, 0.4) is 0 Å². The zero-order valence-corrected chi connectivity index (χ0v) is 10.7. The van der Waals surface area contributed by atoms with Crippen LogP contribution >= 0.6 is 0 Å². The van der Waals surface area contributed by atoms with Crippen molar-refractivity contribution in [3.05, 3.63) is 59.9 Å². The molecule has 0 saturated carbocycles. The molecule has 1 aromatic heterocycles. The second-order valence-corrected chi connectivity index (χ2v) is 4.59. The quantitative estimate of drug-likeness (QED) is 0.817. The van der Waals surface area contributed by atoms with E-state index in [0.717, 1.165) is 25.2 Å². The fraction of sp³-hybridized carbons (Fsp3) is 0.267. The van der Waals surface area contributed by atoms with E-state index in [9.17, 15) is 0 Å². The molecule has 1 aromatic carbocycles. The molecule has 3 heteroatoms. The van der Waals surface area contributed by atoms with Gasteiger partial charge < -0.3 is 10.6 Å². The minimum Gasteiger partial charge on any atom is -0.399 e. The van der Waals surface area contributed by atoms with E-state index in [1.54, 1.807) is 6.20 Å². The molecule has 18 heavy (non-hydrogen) atoms. The van der Waals surface area contributed by atoms with Gasteiger partial charge in [0, 0.05) is 31.2 Å². The van der Waals surface area contributed by atoms with Crippen LogP contribution in [0.5, 0.6) is 0 Å². The Kier molecular flexibility index (Phi) is 4.31. The Bertz CT molecular complexity index is 465. The maximum absolute atomic E-state index is 5.67. The molecule has 1 heterocycles. The molecule has 0 bridgehead atoms. The van der Waals surface area contributed by atoms with Gasteiger partial charge in [0.2, 0.25) is 0 Å². The van der Waals surface area contributed by atoms with Crippen LogP contribution in [0.2, 0.25) is 0 Å². The molecular weight excluding hydrogens is 222 g/mol. The highest BCUT2D eigenvalue weighted by atomic mass is 15.1. The van der Waals surface area contributed by atoms with Gasteiger partial charge in [-0.2, -0.15) is 0 Å². The van der Waals surface area contributed by atoms with Crippen LogP contribution in [-0.2, 0) is 13.0 Å². The van der Waals surface area contributed by atoms with Crippen molar-refractivity contribution in [2.75, 3.05) is 19.3 Å². The van der Waals surface area contributed by atoms with E-state index in [2.05, 4.69) is 35.1 Å². The third-order valence-corrected chi connectivity index (χ3v) is 2.94. The summed E-state index contributed by atoms with van der Waals surface area (Å²) in [7, 11) is 2.13. The normalized spacial score (nSPS) is 10.8. The summed E-state index contributed by atoms with van der Waals surface area (Å²) >= 11 is 0. The lowest BCUT2D eigenvalue weighted by molar-refractivity contribution is 0.331. The minimum atomic E-state index is 0.822. The molecule has 0 aliphatic heterocycles. The minimum absolute atomic E-state index is 0.822. The van der Waals surface area contributed by atoms with Gasteiger partial charge in [-0.05, 0) is 42.8 Å². The Morgan fingerprint density at radius 1 is 1.11 bits per heavy atom. The first-order valence-corrected chi connectivity index (χ1v) is 6.16. The fourth-order valence-electron chi connectivity index (χ4n) is 1.89. The van der Waals surface area contributed by atoms with Crippen LogP contribution in [0.15, 0.2) is 48.8 Å². The Labute approximate surface area is 108 Å². The molecule has 3 nitrogen and oxygen atoms in total. The SMILES string of the molecule is CN(CCc1ccc(N)cc1)Cc1cccnc1. The standard InChI is InChI=1S/C15H19N3/c1-18(12-14-3-2-9-17-11-14)10-8-13-4-6-15(16)7-5-13/h2-7,9,11H,8,10,12,16H2,1H3. The van der Waals surface area contributed by atoms with Gasteiger partial charge in [0.1, 0.15) is 0 Å². The summed E-state index contributed by atoms with van der Waals surface area (Å²) in [4.78, 5) is 6.42. The molecule has 0 fully saturated rings. The average Bonchev–Trinajstić information content (AvgIpc) is 2.39. The summed E-state index contributed by atoms with van der Waals surface area (Å²) in [6.45, 7) is 1.96. The maximum Gasteiger partial charge on any atom is 0.0314 e. The van der Waals surface area contributed by atoms with E-state index in [1.165, 1.54) is 11.1 Å². The van der Waals surface area contributed by atoms with Gasteiger partial charge in [-0.1, -0.05) is 18.2 Å². The van der Waals surface area contributed by atoms with Crippen LogP contribution in [0.1, 0.15) is 11.1 Å². The van der Waals surface area contributed by atoms with E-state index >= 15 is 0 Å². The van der Waals surface area contributed by atoms with Crippen molar-refractivity contribution in [1.82, 2.24) is 9.88 Å². The summed E-state index contributed by atoms with van der Waals surface area (Å²) in [5.74, 6) is 0. The van der Waals surface area contributed by atoms with Crippen molar-refractivity contribution < 1.29 is 0 Å². The van der Waals surface area contributed by atoms with Gasteiger partial charge >= 0.3 is 0 Å². The summed E-state index contributed by atoms with van der Waals surface area (Å²) in [5.41, 5.74) is 9.06. The van der Waals surface area contributed by atoms with Crippen molar-refractivity contribution in [2.45, 2.75) is 13.0 Å². The molecule has 0 saturated heterocycles.